The van der Waals surface area contributed by atoms with Gasteiger partial charge in [0, 0.05) is 31.4 Å². The molecule has 1 fully saturated rings. The fourth-order valence-corrected chi connectivity index (χ4v) is 3.53. The van der Waals surface area contributed by atoms with Crippen LogP contribution >= 0.6 is 0 Å². The molecule has 2 rings (SSSR count). The van der Waals surface area contributed by atoms with E-state index in [1.165, 1.54) is 30.5 Å². The number of hydrogen-bond acceptors (Lipinski definition) is 2. The Kier molecular flexibility index (Phi) is 6.10. The minimum absolute atomic E-state index is 0.691. The van der Waals surface area contributed by atoms with Gasteiger partial charge in [-0.25, -0.2) is 0 Å². The summed E-state index contributed by atoms with van der Waals surface area (Å²) >= 11 is 0. The van der Waals surface area contributed by atoms with Crippen molar-refractivity contribution in [1.29, 1.82) is 0 Å². The van der Waals surface area contributed by atoms with E-state index in [1.807, 2.05) is 0 Å². The molecular weight excluding hydrogens is 256 g/mol. The highest BCUT2D eigenvalue weighted by Crippen LogP contribution is 2.29. The highest BCUT2D eigenvalue weighted by atomic mass is 15.1. The Balaban J connectivity index is 1.88. The van der Waals surface area contributed by atoms with Gasteiger partial charge in [0.2, 0.25) is 0 Å². The van der Waals surface area contributed by atoms with Gasteiger partial charge in [-0.15, -0.1) is 0 Å². The van der Waals surface area contributed by atoms with Crippen LogP contribution in [-0.2, 0) is 6.54 Å². The van der Waals surface area contributed by atoms with Gasteiger partial charge in [0.15, 0.2) is 0 Å². The number of hydrogen-bond donors (Lipinski definition) is 1. The SMILES string of the molecule is CCN(CC)c1ccc(CNC2CCCC(C)C2C)cc1. The van der Waals surface area contributed by atoms with Crippen molar-refractivity contribution in [1.82, 2.24) is 5.32 Å². The molecule has 21 heavy (non-hydrogen) atoms. The van der Waals surface area contributed by atoms with E-state index in [4.69, 9.17) is 0 Å². The molecule has 1 aliphatic rings. The minimum atomic E-state index is 0.691. The van der Waals surface area contributed by atoms with Crippen LogP contribution in [0.2, 0.25) is 0 Å². The normalized spacial score (nSPS) is 25.8. The summed E-state index contributed by atoms with van der Waals surface area (Å²) in [6.07, 6.45) is 4.12. The van der Waals surface area contributed by atoms with E-state index in [-0.39, 0.29) is 0 Å². The van der Waals surface area contributed by atoms with Gasteiger partial charge in [0.05, 0.1) is 0 Å². The van der Waals surface area contributed by atoms with Crippen LogP contribution in [0.5, 0.6) is 0 Å². The first-order chi connectivity index (χ1) is 10.2. The number of nitrogens with zero attached hydrogens (tertiary/aromatic N) is 1. The standard InChI is InChI=1S/C19H32N2/c1-5-21(6-2)18-12-10-17(11-13-18)14-20-19-9-7-8-15(3)16(19)4/h10-13,15-16,19-20H,5-9,14H2,1-4H3. The maximum Gasteiger partial charge on any atom is 0.0366 e. The van der Waals surface area contributed by atoms with E-state index < -0.39 is 0 Å². The number of nitrogens with one attached hydrogen (secondary N) is 1. The molecule has 0 spiro atoms. The lowest BCUT2D eigenvalue weighted by Gasteiger charge is -2.34. The van der Waals surface area contributed by atoms with E-state index in [2.05, 4.69) is 62.2 Å². The summed E-state index contributed by atoms with van der Waals surface area (Å²) in [4.78, 5) is 2.39. The first-order valence-electron chi connectivity index (χ1n) is 8.73. The van der Waals surface area contributed by atoms with Crippen molar-refractivity contribution < 1.29 is 0 Å². The maximum absolute atomic E-state index is 3.78. The maximum atomic E-state index is 3.78. The van der Waals surface area contributed by atoms with Crippen molar-refractivity contribution in [3.63, 3.8) is 0 Å². The zero-order valence-electron chi connectivity index (χ0n) is 14.2. The molecule has 0 amide bonds. The molecule has 0 heterocycles. The van der Waals surface area contributed by atoms with Crippen LogP contribution in [0, 0.1) is 11.8 Å². The first-order valence-corrected chi connectivity index (χ1v) is 8.73. The van der Waals surface area contributed by atoms with Gasteiger partial charge in [-0.2, -0.15) is 0 Å². The minimum Gasteiger partial charge on any atom is -0.372 e. The van der Waals surface area contributed by atoms with E-state index in [0.29, 0.717) is 6.04 Å². The topological polar surface area (TPSA) is 15.3 Å². The average molecular weight is 288 g/mol. The highest BCUT2D eigenvalue weighted by molar-refractivity contribution is 5.47. The monoisotopic (exact) mass is 288 g/mol. The second-order valence-corrected chi connectivity index (χ2v) is 6.59. The molecule has 0 saturated heterocycles. The van der Waals surface area contributed by atoms with Crippen LogP contribution in [0.1, 0.15) is 52.5 Å². The summed E-state index contributed by atoms with van der Waals surface area (Å²) in [5, 5.41) is 3.78. The van der Waals surface area contributed by atoms with E-state index >= 15 is 0 Å². The molecule has 1 saturated carbocycles. The summed E-state index contributed by atoms with van der Waals surface area (Å²) in [6, 6.07) is 9.76. The van der Waals surface area contributed by atoms with Crippen LogP contribution in [0.15, 0.2) is 24.3 Å². The third-order valence-electron chi connectivity index (χ3n) is 5.34. The van der Waals surface area contributed by atoms with Gasteiger partial charge in [-0.1, -0.05) is 38.8 Å². The summed E-state index contributed by atoms with van der Waals surface area (Å²) in [5.74, 6) is 1.66. The van der Waals surface area contributed by atoms with E-state index in [9.17, 15) is 0 Å². The smallest absolute Gasteiger partial charge is 0.0366 e. The molecular formula is C19H32N2. The molecule has 0 radical (unpaired) electrons. The number of benzene rings is 1. The predicted molar refractivity (Wildman–Crippen MR) is 92.8 cm³/mol. The lowest BCUT2D eigenvalue weighted by atomic mass is 9.78. The lowest BCUT2D eigenvalue weighted by molar-refractivity contribution is 0.206. The molecule has 3 unspecified atom stereocenters. The highest BCUT2D eigenvalue weighted by Gasteiger charge is 2.26. The average Bonchev–Trinajstić information content (AvgIpc) is 2.51. The Hall–Kier alpha value is -1.02. The molecule has 1 aromatic rings. The Morgan fingerprint density at radius 2 is 1.71 bits per heavy atom. The number of rotatable bonds is 6. The predicted octanol–water partition coefficient (Wildman–Crippen LogP) is 4.45. The first kappa shape index (κ1) is 16.4. The Morgan fingerprint density at radius 3 is 2.33 bits per heavy atom. The Morgan fingerprint density at radius 1 is 1.05 bits per heavy atom. The molecule has 3 atom stereocenters. The molecule has 2 heteroatoms. The molecule has 0 aliphatic heterocycles. The van der Waals surface area contributed by atoms with Crippen molar-refractivity contribution in [3.8, 4) is 0 Å². The van der Waals surface area contributed by atoms with Crippen molar-refractivity contribution in [2.24, 2.45) is 11.8 Å². The fraction of sp³-hybridized carbons (Fsp3) is 0.684. The van der Waals surface area contributed by atoms with Crippen LogP contribution in [0.4, 0.5) is 5.69 Å². The molecule has 1 aromatic carbocycles. The quantitative estimate of drug-likeness (QED) is 0.832. The molecule has 1 N–H and O–H groups in total. The van der Waals surface area contributed by atoms with Crippen molar-refractivity contribution in [2.45, 2.75) is 59.5 Å². The van der Waals surface area contributed by atoms with Crippen LogP contribution < -0.4 is 10.2 Å². The zero-order chi connectivity index (χ0) is 15.2. The van der Waals surface area contributed by atoms with Gasteiger partial charge in [-0.05, 0) is 49.8 Å². The van der Waals surface area contributed by atoms with Gasteiger partial charge >= 0.3 is 0 Å². The van der Waals surface area contributed by atoms with Gasteiger partial charge in [-0.3, -0.25) is 0 Å². The van der Waals surface area contributed by atoms with Crippen molar-refractivity contribution in [2.75, 3.05) is 18.0 Å². The summed E-state index contributed by atoms with van der Waals surface area (Å²) in [7, 11) is 0. The zero-order valence-corrected chi connectivity index (χ0v) is 14.2. The van der Waals surface area contributed by atoms with Crippen molar-refractivity contribution in [3.05, 3.63) is 29.8 Å². The van der Waals surface area contributed by atoms with Crippen LogP contribution in [0.25, 0.3) is 0 Å². The van der Waals surface area contributed by atoms with E-state index in [1.54, 1.807) is 0 Å². The van der Waals surface area contributed by atoms with Gasteiger partial charge in [0.25, 0.3) is 0 Å². The number of anilines is 1. The molecule has 2 nitrogen and oxygen atoms in total. The lowest BCUT2D eigenvalue weighted by Crippen LogP contribution is -2.40. The largest absolute Gasteiger partial charge is 0.372 e. The molecule has 0 aromatic heterocycles. The van der Waals surface area contributed by atoms with Gasteiger partial charge < -0.3 is 10.2 Å². The van der Waals surface area contributed by atoms with Crippen molar-refractivity contribution >= 4 is 5.69 Å². The molecule has 1 aliphatic carbocycles. The Labute approximate surface area is 130 Å². The van der Waals surface area contributed by atoms with Crippen LogP contribution in [-0.4, -0.2) is 19.1 Å². The van der Waals surface area contributed by atoms with Crippen LogP contribution in [0.3, 0.4) is 0 Å². The molecule has 0 bridgehead atoms. The summed E-state index contributed by atoms with van der Waals surface area (Å²) in [6.45, 7) is 12.4. The van der Waals surface area contributed by atoms with E-state index in [0.717, 1.165) is 31.5 Å². The molecule has 118 valence electrons. The Bertz CT molecular complexity index is 408. The van der Waals surface area contributed by atoms with Gasteiger partial charge in [0.1, 0.15) is 0 Å². The summed E-state index contributed by atoms with van der Waals surface area (Å²) < 4.78 is 0. The second kappa shape index (κ2) is 7.84. The third kappa shape index (κ3) is 4.23. The third-order valence-corrected chi connectivity index (χ3v) is 5.34. The second-order valence-electron chi connectivity index (χ2n) is 6.59. The fourth-order valence-electron chi connectivity index (χ4n) is 3.53. The summed E-state index contributed by atoms with van der Waals surface area (Å²) in [5.41, 5.74) is 2.74.